The number of esters is 1. The number of alkyl halides is 4. The van der Waals surface area contributed by atoms with Crippen molar-refractivity contribution in [2.45, 2.75) is 32.2 Å². The fourth-order valence-electron chi connectivity index (χ4n) is 3.93. The van der Waals surface area contributed by atoms with E-state index in [0.29, 0.717) is 12.8 Å². The highest BCUT2D eigenvalue weighted by Crippen LogP contribution is 2.42. The van der Waals surface area contributed by atoms with E-state index in [-0.39, 0.29) is 64.3 Å². The van der Waals surface area contributed by atoms with Gasteiger partial charge in [-0.3, -0.25) is 9.59 Å². The van der Waals surface area contributed by atoms with Crippen molar-refractivity contribution in [3.63, 3.8) is 0 Å². The second-order valence-corrected chi connectivity index (χ2v) is 8.58. The standard InChI is InChI=1S/C25H21ClF4O8/c1-33-23(32)12-7-13(8-12)34-5-6-35-18-11-21(38-25(29)30)20(37-24(27)28)9-15(18)19-10-17(31)14-3-2-4-16(26)22(14)36-19/h2-4,9-13,24-25H,5-8H2,1H3. The maximum absolute atomic E-state index is 13.0. The van der Waals surface area contributed by atoms with Crippen molar-refractivity contribution in [2.24, 2.45) is 5.92 Å². The quantitative estimate of drug-likeness (QED) is 0.168. The largest absolute Gasteiger partial charge is 0.490 e. The molecule has 0 spiro atoms. The summed E-state index contributed by atoms with van der Waals surface area (Å²) in [6.07, 6.45) is 0.766. The molecule has 1 heterocycles. The van der Waals surface area contributed by atoms with Crippen LogP contribution in [0.5, 0.6) is 17.2 Å². The number of halogens is 5. The van der Waals surface area contributed by atoms with E-state index in [0.717, 1.165) is 18.2 Å². The van der Waals surface area contributed by atoms with Crippen LogP contribution in [0.1, 0.15) is 12.8 Å². The summed E-state index contributed by atoms with van der Waals surface area (Å²) in [5.41, 5.74) is -0.525. The predicted octanol–water partition coefficient (Wildman–Crippen LogP) is 5.66. The van der Waals surface area contributed by atoms with Crippen LogP contribution in [0, 0.1) is 5.92 Å². The molecule has 38 heavy (non-hydrogen) atoms. The second-order valence-electron chi connectivity index (χ2n) is 8.18. The minimum absolute atomic E-state index is 0.0281. The number of benzene rings is 2. The first-order valence-corrected chi connectivity index (χ1v) is 11.7. The summed E-state index contributed by atoms with van der Waals surface area (Å²) >= 11 is 6.16. The molecule has 3 aromatic rings. The summed E-state index contributed by atoms with van der Waals surface area (Å²) in [6.45, 7) is -6.77. The Morgan fingerprint density at radius 2 is 1.71 bits per heavy atom. The molecule has 0 saturated heterocycles. The highest BCUT2D eigenvalue weighted by atomic mass is 35.5. The van der Waals surface area contributed by atoms with Gasteiger partial charge < -0.3 is 28.1 Å². The predicted molar refractivity (Wildman–Crippen MR) is 126 cm³/mol. The number of hydrogen-bond acceptors (Lipinski definition) is 8. The Balaban J connectivity index is 1.63. The van der Waals surface area contributed by atoms with Crippen LogP contribution in [-0.2, 0) is 14.3 Å². The van der Waals surface area contributed by atoms with Crippen molar-refractivity contribution in [1.82, 2.24) is 0 Å². The van der Waals surface area contributed by atoms with E-state index in [9.17, 15) is 27.2 Å². The molecule has 1 fully saturated rings. The lowest BCUT2D eigenvalue weighted by Crippen LogP contribution is -2.37. The first kappa shape index (κ1) is 27.5. The van der Waals surface area contributed by atoms with Crippen molar-refractivity contribution < 1.29 is 50.5 Å². The number of carbonyl (C=O) groups is 1. The van der Waals surface area contributed by atoms with E-state index >= 15 is 0 Å². The average Bonchev–Trinajstić information content (AvgIpc) is 2.83. The highest BCUT2D eigenvalue weighted by Gasteiger charge is 2.36. The number of fused-ring (bicyclic) bond motifs is 1. The van der Waals surface area contributed by atoms with E-state index in [1.54, 1.807) is 6.07 Å². The van der Waals surface area contributed by atoms with Gasteiger partial charge in [0.2, 0.25) is 0 Å². The summed E-state index contributed by atoms with van der Waals surface area (Å²) in [5, 5.41) is 0.286. The van der Waals surface area contributed by atoms with Gasteiger partial charge in [-0.2, -0.15) is 17.6 Å². The molecule has 0 atom stereocenters. The monoisotopic (exact) mass is 560 g/mol. The minimum atomic E-state index is -3.36. The molecule has 0 radical (unpaired) electrons. The van der Waals surface area contributed by atoms with Gasteiger partial charge in [-0.15, -0.1) is 0 Å². The average molecular weight is 561 g/mol. The van der Waals surface area contributed by atoms with Crippen molar-refractivity contribution in [2.75, 3.05) is 20.3 Å². The molecule has 8 nitrogen and oxygen atoms in total. The molecule has 0 bridgehead atoms. The van der Waals surface area contributed by atoms with Crippen LogP contribution < -0.4 is 19.6 Å². The maximum Gasteiger partial charge on any atom is 0.387 e. The molecule has 0 aliphatic heterocycles. The summed E-state index contributed by atoms with van der Waals surface area (Å²) in [6, 6.07) is 7.47. The molecule has 204 valence electrons. The van der Waals surface area contributed by atoms with Gasteiger partial charge in [-0.05, 0) is 31.0 Å². The van der Waals surface area contributed by atoms with Gasteiger partial charge in [0.05, 0.1) is 41.7 Å². The Labute approximate surface area is 217 Å². The van der Waals surface area contributed by atoms with Gasteiger partial charge in [-0.25, -0.2) is 0 Å². The molecule has 1 aromatic heterocycles. The maximum atomic E-state index is 13.0. The molecular formula is C25H21ClF4O8. The summed E-state index contributed by atoms with van der Waals surface area (Å²) < 4.78 is 82.5. The first-order valence-electron chi connectivity index (χ1n) is 11.3. The molecule has 0 N–H and O–H groups in total. The van der Waals surface area contributed by atoms with E-state index in [4.69, 9.17) is 25.5 Å². The van der Waals surface area contributed by atoms with E-state index < -0.39 is 30.2 Å². The van der Waals surface area contributed by atoms with Gasteiger partial charge in [-0.1, -0.05) is 17.7 Å². The second kappa shape index (κ2) is 11.9. The van der Waals surface area contributed by atoms with Crippen LogP contribution in [0.3, 0.4) is 0 Å². The third-order valence-corrected chi connectivity index (χ3v) is 6.07. The Hall–Kier alpha value is -3.51. The lowest BCUT2D eigenvalue weighted by molar-refractivity contribution is -0.155. The van der Waals surface area contributed by atoms with Gasteiger partial charge in [0.1, 0.15) is 18.1 Å². The topological polar surface area (TPSA) is 93.4 Å². The minimum Gasteiger partial charge on any atom is -0.490 e. The number of rotatable bonds is 11. The Morgan fingerprint density at radius 3 is 2.37 bits per heavy atom. The van der Waals surface area contributed by atoms with Crippen LogP contribution in [-0.4, -0.2) is 45.6 Å². The third kappa shape index (κ3) is 6.30. The van der Waals surface area contributed by atoms with Crippen LogP contribution >= 0.6 is 11.6 Å². The Bertz CT molecular complexity index is 1360. The molecule has 4 rings (SSSR count). The van der Waals surface area contributed by atoms with E-state index in [1.807, 2.05) is 0 Å². The zero-order valence-corrected chi connectivity index (χ0v) is 20.5. The van der Waals surface area contributed by atoms with Crippen LogP contribution in [0.2, 0.25) is 5.02 Å². The summed E-state index contributed by atoms with van der Waals surface area (Å²) in [4.78, 5) is 24.2. The van der Waals surface area contributed by atoms with Gasteiger partial charge in [0.25, 0.3) is 0 Å². The first-order chi connectivity index (χ1) is 18.2. The zero-order valence-electron chi connectivity index (χ0n) is 19.8. The molecule has 13 heteroatoms. The molecule has 1 saturated carbocycles. The lowest BCUT2D eigenvalue weighted by Gasteiger charge is -2.32. The van der Waals surface area contributed by atoms with Gasteiger partial charge in [0, 0.05) is 12.1 Å². The van der Waals surface area contributed by atoms with Crippen molar-refractivity contribution in [3.05, 3.63) is 51.6 Å². The molecule has 1 aliphatic rings. The van der Waals surface area contributed by atoms with Crippen molar-refractivity contribution in [3.8, 4) is 28.6 Å². The van der Waals surface area contributed by atoms with Crippen LogP contribution in [0.4, 0.5) is 17.6 Å². The van der Waals surface area contributed by atoms with Crippen molar-refractivity contribution >= 4 is 28.5 Å². The third-order valence-electron chi connectivity index (χ3n) is 5.77. The summed E-state index contributed by atoms with van der Waals surface area (Å²) in [5.74, 6) is -2.29. The van der Waals surface area contributed by atoms with Crippen LogP contribution in [0.25, 0.3) is 22.3 Å². The Morgan fingerprint density at radius 1 is 1.03 bits per heavy atom. The molecule has 2 aromatic carbocycles. The SMILES string of the molecule is COC(=O)C1CC(OCCOc2cc(OC(F)F)c(OC(F)F)cc2-c2cc(=O)c3cccc(Cl)c3o2)C1. The van der Waals surface area contributed by atoms with Crippen molar-refractivity contribution in [1.29, 1.82) is 0 Å². The van der Waals surface area contributed by atoms with Gasteiger partial charge in [0.15, 0.2) is 22.5 Å². The molecule has 0 unspecified atom stereocenters. The highest BCUT2D eigenvalue weighted by molar-refractivity contribution is 6.34. The number of carbonyl (C=O) groups excluding carboxylic acids is 1. The fourth-order valence-corrected chi connectivity index (χ4v) is 4.15. The van der Waals surface area contributed by atoms with E-state index in [1.165, 1.54) is 19.2 Å². The molecular weight excluding hydrogens is 540 g/mol. The molecule has 1 aliphatic carbocycles. The smallest absolute Gasteiger partial charge is 0.387 e. The normalized spacial score (nSPS) is 16.9. The Kier molecular flexibility index (Phi) is 8.62. The number of ether oxygens (including phenoxy) is 5. The van der Waals surface area contributed by atoms with Gasteiger partial charge >= 0.3 is 19.2 Å². The van der Waals surface area contributed by atoms with Crippen LogP contribution in [0.15, 0.2) is 45.6 Å². The zero-order chi connectivity index (χ0) is 27.4. The number of hydrogen-bond donors (Lipinski definition) is 0. The summed E-state index contributed by atoms with van der Waals surface area (Å²) in [7, 11) is 1.30. The fraction of sp³-hybridized carbons (Fsp3) is 0.360. The number of para-hydroxylation sites is 1. The number of methoxy groups -OCH3 is 1. The molecule has 0 amide bonds. The van der Waals surface area contributed by atoms with E-state index in [2.05, 4.69) is 14.2 Å². The lowest BCUT2D eigenvalue weighted by atomic mass is 9.82.